The van der Waals surface area contributed by atoms with Gasteiger partial charge in [0.15, 0.2) is 11.6 Å². The fraction of sp³-hybridized carbons (Fsp3) is 0.538. The zero-order valence-corrected chi connectivity index (χ0v) is 20.5. The fourth-order valence-electron chi connectivity index (χ4n) is 3.74. The lowest BCUT2D eigenvalue weighted by molar-refractivity contribution is 0.00465. The number of morpholine rings is 1. The van der Waals surface area contributed by atoms with Gasteiger partial charge in [-0.25, -0.2) is 4.39 Å². The minimum absolute atomic E-state index is 0.156. The number of ether oxygens (including phenoxy) is 3. The number of alkyl halides is 1. The predicted octanol–water partition coefficient (Wildman–Crippen LogP) is 4.48. The molecule has 1 saturated heterocycles. The van der Waals surface area contributed by atoms with Crippen molar-refractivity contribution in [2.24, 2.45) is 5.92 Å². The van der Waals surface area contributed by atoms with Crippen molar-refractivity contribution in [3.8, 4) is 11.5 Å². The molecule has 2 aromatic rings. The van der Waals surface area contributed by atoms with E-state index < -0.39 is 11.5 Å². The maximum Gasteiger partial charge on any atom is 0.165 e. The third-order valence-corrected chi connectivity index (χ3v) is 6.56. The summed E-state index contributed by atoms with van der Waals surface area (Å²) in [4.78, 5) is 2.18. The summed E-state index contributed by atoms with van der Waals surface area (Å²) in [5.74, 6) is 1.18. The monoisotopic (exact) mass is 479 g/mol. The van der Waals surface area contributed by atoms with Crippen molar-refractivity contribution in [1.29, 1.82) is 0 Å². The van der Waals surface area contributed by atoms with Crippen molar-refractivity contribution in [3.05, 3.63) is 59.4 Å². The van der Waals surface area contributed by atoms with Gasteiger partial charge in [0, 0.05) is 36.8 Å². The van der Waals surface area contributed by atoms with Crippen LogP contribution < -0.4 is 9.47 Å². The molecule has 182 valence electrons. The Morgan fingerprint density at radius 3 is 2.36 bits per heavy atom. The van der Waals surface area contributed by atoms with Crippen LogP contribution in [-0.2, 0) is 10.2 Å². The summed E-state index contributed by atoms with van der Waals surface area (Å²) in [6.07, 6.45) is -0.560. The zero-order valence-electron chi connectivity index (χ0n) is 19.7. The summed E-state index contributed by atoms with van der Waals surface area (Å²) in [6, 6.07) is 12.9. The van der Waals surface area contributed by atoms with Gasteiger partial charge in [-0.15, -0.1) is 11.6 Å². The van der Waals surface area contributed by atoms with Crippen LogP contribution in [0, 0.1) is 11.7 Å². The van der Waals surface area contributed by atoms with Gasteiger partial charge in [-0.1, -0.05) is 39.0 Å². The van der Waals surface area contributed by atoms with Gasteiger partial charge < -0.3 is 19.3 Å². The van der Waals surface area contributed by atoms with E-state index in [0.29, 0.717) is 38.0 Å². The topological polar surface area (TPSA) is 51.2 Å². The van der Waals surface area contributed by atoms with Gasteiger partial charge in [0.25, 0.3) is 0 Å². The van der Waals surface area contributed by atoms with Crippen LogP contribution in [0.4, 0.5) is 4.39 Å². The van der Waals surface area contributed by atoms with Crippen LogP contribution >= 0.6 is 11.6 Å². The molecular formula is C26H35ClFNO4. The van der Waals surface area contributed by atoms with Gasteiger partial charge in [0.05, 0.1) is 19.8 Å². The van der Waals surface area contributed by atoms with E-state index in [-0.39, 0.29) is 24.1 Å². The van der Waals surface area contributed by atoms with Crippen LogP contribution in [0.15, 0.2) is 42.5 Å². The summed E-state index contributed by atoms with van der Waals surface area (Å²) in [6.45, 7) is 10.3. The average molecular weight is 480 g/mol. The molecule has 1 heterocycles. The van der Waals surface area contributed by atoms with E-state index in [0.717, 1.165) is 24.2 Å². The predicted molar refractivity (Wildman–Crippen MR) is 129 cm³/mol. The molecule has 2 unspecified atom stereocenters. The molecule has 33 heavy (non-hydrogen) atoms. The van der Waals surface area contributed by atoms with E-state index >= 15 is 0 Å². The van der Waals surface area contributed by atoms with Gasteiger partial charge in [0.1, 0.15) is 18.5 Å². The Bertz CT molecular complexity index is 871. The van der Waals surface area contributed by atoms with E-state index in [2.05, 4.69) is 18.7 Å². The van der Waals surface area contributed by atoms with Crippen LogP contribution in [0.5, 0.6) is 11.5 Å². The fourth-order valence-corrected chi connectivity index (χ4v) is 3.83. The Morgan fingerprint density at radius 2 is 1.73 bits per heavy atom. The SMILES string of the molecule is CC(CCl)COc1ccc(C(C)(C)c2ccc(OCC(O)CN3CCOCC3)cc2)cc1F. The lowest BCUT2D eigenvalue weighted by atomic mass is 9.78. The van der Waals surface area contributed by atoms with Crippen LogP contribution in [0.2, 0.25) is 0 Å². The number of hydrogen-bond acceptors (Lipinski definition) is 5. The van der Waals surface area contributed by atoms with Crippen molar-refractivity contribution in [2.45, 2.75) is 32.3 Å². The van der Waals surface area contributed by atoms with Crippen LogP contribution in [0.3, 0.4) is 0 Å². The first-order chi connectivity index (χ1) is 15.8. The molecule has 0 aliphatic carbocycles. The number of rotatable bonds is 11. The molecule has 1 aliphatic rings. The number of aliphatic hydroxyl groups is 1. The largest absolute Gasteiger partial charge is 0.491 e. The highest BCUT2D eigenvalue weighted by molar-refractivity contribution is 6.18. The van der Waals surface area contributed by atoms with Gasteiger partial charge in [0.2, 0.25) is 0 Å². The molecule has 0 aromatic heterocycles. The highest BCUT2D eigenvalue weighted by Crippen LogP contribution is 2.34. The third kappa shape index (κ3) is 7.31. The smallest absolute Gasteiger partial charge is 0.165 e. The summed E-state index contributed by atoms with van der Waals surface area (Å²) in [7, 11) is 0. The molecule has 5 nitrogen and oxygen atoms in total. The zero-order chi connectivity index (χ0) is 23.8. The van der Waals surface area contributed by atoms with Crippen molar-refractivity contribution in [2.75, 3.05) is 51.9 Å². The molecule has 2 aromatic carbocycles. The Kier molecular flexibility index (Phi) is 9.38. The lowest BCUT2D eigenvalue weighted by Crippen LogP contribution is -2.42. The summed E-state index contributed by atoms with van der Waals surface area (Å²) >= 11 is 5.80. The van der Waals surface area contributed by atoms with E-state index in [1.54, 1.807) is 6.07 Å². The molecule has 0 saturated carbocycles. The molecule has 2 atom stereocenters. The molecule has 1 aliphatic heterocycles. The standard InChI is InChI=1S/C26H35ClFNO4/c1-19(15-27)17-33-25-9-6-21(14-24(25)28)26(2,3)20-4-7-23(8-5-20)32-18-22(30)16-29-10-12-31-13-11-29/h4-9,14,19,22,30H,10-13,15-18H2,1-3H3. The Hall–Kier alpha value is -1.86. The van der Waals surface area contributed by atoms with Crippen LogP contribution in [0.1, 0.15) is 31.9 Å². The van der Waals surface area contributed by atoms with Gasteiger partial charge >= 0.3 is 0 Å². The highest BCUT2D eigenvalue weighted by Gasteiger charge is 2.25. The molecule has 0 radical (unpaired) electrons. The van der Waals surface area contributed by atoms with Crippen molar-refractivity contribution in [3.63, 3.8) is 0 Å². The normalized spacial score (nSPS) is 16.9. The molecule has 3 rings (SSSR count). The quantitative estimate of drug-likeness (QED) is 0.482. The summed E-state index contributed by atoms with van der Waals surface area (Å²) < 4.78 is 31.3. The Morgan fingerprint density at radius 1 is 1.06 bits per heavy atom. The maximum absolute atomic E-state index is 14.6. The van der Waals surface area contributed by atoms with Gasteiger partial charge in [-0.3, -0.25) is 4.90 Å². The maximum atomic E-state index is 14.6. The number of nitrogens with zero attached hydrogens (tertiary/aromatic N) is 1. The number of hydrogen-bond donors (Lipinski definition) is 1. The van der Waals surface area contributed by atoms with Crippen molar-refractivity contribution in [1.82, 2.24) is 4.90 Å². The molecule has 7 heteroatoms. The number of benzene rings is 2. The number of β-amino-alcohol motifs (C(OH)–C–C–N with tert-alkyl or cyclic N) is 1. The third-order valence-electron chi connectivity index (χ3n) is 6.03. The Balaban J connectivity index is 1.57. The molecule has 0 bridgehead atoms. The Labute approximate surface area is 201 Å². The molecule has 1 N–H and O–H groups in total. The molecule has 1 fully saturated rings. The minimum atomic E-state index is -0.560. The number of aliphatic hydroxyl groups excluding tert-OH is 1. The van der Waals surface area contributed by atoms with E-state index in [1.807, 2.05) is 37.3 Å². The first-order valence-corrected chi connectivity index (χ1v) is 12.0. The summed E-state index contributed by atoms with van der Waals surface area (Å²) in [5, 5.41) is 10.3. The van der Waals surface area contributed by atoms with E-state index in [1.165, 1.54) is 6.07 Å². The second-order valence-corrected chi connectivity index (χ2v) is 9.55. The number of halogens is 2. The second kappa shape index (κ2) is 12.0. The average Bonchev–Trinajstić information content (AvgIpc) is 2.82. The first kappa shape index (κ1) is 25.8. The first-order valence-electron chi connectivity index (χ1n) is 11.5. The summed E-state index contributed by atoms with van der Waals surface area (Å²) in [5.41, 5.74) is 1.48. The highest BCUT2D eigenvalue weighted by atomic mass is 35.5. The van der Waals surface area contributed by atoms with Crippen molar-refractivity contribution < 1.29 is 23.7 Å². The molecule has 0 spiro atoms. The van der Waals surface area contributed by atoms with Crippen LogP contribution in [-0.4, -0.2) is 68.1 Å². The molecule has 0 amide bonds. The van der Waals surface area contributed by atoms with E-state index in [9.17, 15) is 9.50 Å². The lowest BCUT2D eigenvalue weighted by Gasteiger charge is -2.28. The minimum Gasteiger partial charge on any atom is -0.491 e. The molecular weight excluding hydrogens is 445 g/mol. The van der Waals surface area contributed by atoms with Gasteiger partial charge in [-0.05, 0) is 35.4 Å². The second-order valence-electron chi connectivity index (χ2n) is 9.24. The van der Waals surface area contributed by atoms with Crippen LogP contribution in [0.25, 0.3) is 0 Å². The van der Waals surface area contributed by atoms with Crippen molar-refractivity contribution >= 4 is 11.6 Å². The van der Waals surface area contributed by atoms with E-state index in [4.69, 9.17) is 25.8 Å². The van der Waals surface area contributed by atoms with Gasteiger partial charge in [-0.2, -0.15) is 0 Å².